The minimum absolute atomic E-state index is 0.188. The molecule has 2 aromatic rings. The normalized spacial score (nSPS) is 19.4. The number of fused-ring (bicyclic) bond motifs is 2. The Hall–Kier alpha value is -2.99. The molecule has 23 heavy (non-hydrogen) atoms. The zero-order chi connectivity index (χ0) is 16.3. The molecule has 2 heterocycles. The molecule has 0 saturated heterocycles. The molecule has 3 amide bonds. The number of hydrogen-bond acceptors (Lipinski definition) is 4. The largest absolute Gasteiger partial charge is 0.369 e. The van der Waals surface area contributed by atoms with Crippen LogP contribution in [0.2, 0.25) is 0 Å². The first-order valence-corrected chi connectivity index (χ1v) is 7.07. The van der Waals surface area contributed by atoms with Gasteiger partial charge in [-0.2, -0.15) is 0 Å². The van der Waals surface area contributed by atoms with Crippen molar-refractivity contribution in [2.24, 2.45) is 0 Å². The Morgan fingerprint density at radius 1 is 0.870 bits per heavy atom. The van der Waals surface area contributed by atoms with Crippen LogP contribution in [0.1, 0.15) is 42.9 Å². The molecule has 0 aromatic heterocycles. The number of carbonyl (C=O) groups excluding carboxylic acids is 3. The van der Waals surface area contributed by atoms with Crippen LogP contribution in [0.3, 0.4) is 0 Å². The molecule has 0 spiro atoms. The summed E-state index contributed by atoms with van der Waals surface area (Å²) in [6, 6.07) is 11.5. The summed E-state index contributed by atoms with van der Waals surface area (Å²) in [5.41, 5.74) is 1.48. The first-order chi connectivity index (χ1) is 11.0. The van der Waals surface area contributed by atoms with Crippen molar-refractivity contribution in [3.05, 3.63) is 64.7 Å². The lowest BCUT2D eigenvalue weighted by Crippen LogP contribution is -2.29. The highest BCUT2D eigenvalue weighted by Crippen LogP contribution is 2.36. The highest BCUT2D eigenvalue weighted by Gasteiger charge is 2.41. The maximum Gasteiger partial charge on any atom is 0.266 e. The van der Waals surface area contributed by atoms with E-state index in [9.17, 15) is 19.5 Å². The van der Waals surface area contributed by atoms with Gasteiger partial charge in [-0.1, -0.05) is 18.2 Å². The van der Waals surface area contributed by atoms with Crippen LogP contribution in [0.25, 0.3) is 0 Å². The van der Waals surface area contributed by atoms with Crippen molar-refractivity contribution >= 4 is 23.4 Å². The van der Waals surface area contributed by atoms with Gasteiger partial charge in [-0.05, 0) is 24.3 Å². The lowest BCUT2D eigenvalue weighted by atomic mass is 10.0. The molecule has 0 radical (unpaired) electrons. The number of hydrogen-bond donors (Lipinski definition) is 1. The summed E-state index contributed by atoms with van der Waals surface area (Å²) < 4.78 is 0. The average Bonchev–Trinajstić information content (AvgIpc) is 2.94. The van der Waals surface area contributed by atoms with E-state index in [1.54, 1.807) is 30.3 Å². The Balaban J connectivity index is 1.87. The quantitative estimate of drug-likeness (QED) is 0.811. The van der Waals surface area contributed by atoms with Crippen LogP contribution < -0.4 is 4.90 Å². The summed E-state index contributed by atoms with van der Waals surface area (Å²) in [7, 11) is 1.47. The molecule has 0 fully saturated rings. The smallest absolute Gasteiger partial charge is 0.266 e. The molecule has 1 N–H and O–H groups in total. The third-order valence-corrected chi connectivity index (χ3v) is 4.27. The highest BCUT2D eigenvalue weighted by atomic mass is 16.3. The minimum Gasteiger partial charge on any atom is -0.369 e. The molecule has 6 nitrogen and oxygen atoms in total. The first-order valence-electron chi connectivity index (χ1n) is 7.07. The third kappa shape index (κ3) is 1.69. The van der Waals surface area contributed by atoms with Gasteiger partial charge in [0.1, 0.15) is 0 Å². The molecule has 2 aliphatic rings. The molecular weight excluding hydrogens is 296 g/mol. The monoisotopic (exact) mass is 308 g/mol. The van der Waals surface area contributed by atoms with Gasteiger partial charge in [0.05, 0.1) is 16.8 Å². The number of aliphatic hydroxyl groups excluding tert-OH is 1. The Bertz CT molecular complexity index is 876. The number of amides is 3. The van der Waals surface area contributed by atoms with Gasteiger partial charge >= 0.3 is 0 Å². The molecule has 6 heteroatoms. The first kappa shape index (κ1) is 13.7. The number of para-hydroxylation sites is 1. The summed E-state index contributed by atoms with van der Waals surface area (Å²) in [5.74, 6) is -1.28. The van der Waals surface area contributed by atoms with Crippen molar-refractivity contribution in [3.63, 3.8) is 0 Å². The van der Waals surface area contributed by atoms with Crippen LogP contribution in [0.5, 0.6) is 0 Å². The SMILES string of the molecule is CN1C(=O)c2cc3c(cc2C1O)C(=O)N(c1ccccc1)C3=O. The van der Waals surface area contributed by atoms with E-state index in [0.717, 1.165) is 4.90 Å². The molecule has 0 aliphatic carbocycles. The maximum atomic E-state index is 12.6. The number of carbonyl (C=O) groups is 3. The van der Waals surface area contributed by atoms with E-state index in [-0.39, 0.29) is 22.6 Å². The third-order valence-electron chi connectivity index (χ3n) is 4.27. The number of imide groups is 1. The zero-order valence-electron chi connectivity index (χ0n) is 12.2. The van der Waals surface area contributed by atoms with Crippen molar-refractivity contribution in [1.82, 2.24) is 4.90 Å². The van der Waals surface area contributed by atoms with Crippen LogP contribution in [0, 0.1) is 0 Å². The van der Waals surface area contributed by atoms with E-state index in [1.165, 1.54) is 24.1 Å². The lowest BCUT2D eigenvalue weighted by molar-refractivity contribution is 0.0301. The number of anilines is 1. The van der Waals surface area contributed by atoms with Crippen LogP contribution in [0.4, 0.5) is 5.69 Å². The van der Waals surface area contributed by atoms with Crippen LogP contribution >= 0.6 is 0 Å². The minimum atomic E-state index is -1.10. The summed E-state index contributed by atoms with van der Waals surface area (Å²) in [6.45, 7) is 0. The van der Waals surface area contributed by atoms with Gasteiger partial charge in [0, 0.05) is 18.2 Å². The summed E-state index contributed by atoms with van der Waals surface area (Å²) >= 11 is 0. The predicted molar refractivity (Wildman–Crippen MR) is 81.1 cm³/mol. The molecule has 4 rings (SSSR count). The van der Waals surface area contributed by atoms with E-state index in [2.05, 4.69) is 0 Å². The summed E-state index contributed by atoms with van der Waals surface area (Å²) in [4.78, 5) is 39.6. The second kappa shape index (κ2) is 4.50. The van der Waals surface area contributed by atoms with Gasteiger partial charge in [0.2, 0.25) is 0 Å². The fourth-order valence-electron chi connectivity index (χ4n) is 3.02. The Kier molecular flexibility index (Phi) is 2.67. The van der Waals surface area contributed by atoms with Crippen molar-refractivity contribution in [2.75, 3.05) is 11.9 Å². The van der Waals surface area contributed by atoms with Gasteiger partial charge in [0.25, 0.3) is 17.7 Å². The van der Waals surface area contributed by atoms with Crippen LogP contribution in [0.15, 0.2) is 42.5 Å². The molecule has 2 aliphatic heterocycles. The summed E-state index contributed by atoms with van der Waals surface area (Å²) in [5, 5.41) is 10.1. The van der Waals surface area contributed by atoms with E-state index >= 15 is 0 Å². The second-order valence-corrected chi connectivity index (χ2v) is 5.56. The Labute approximate surface area is 131 Å². The van der Waals surface area contributed by atoms with E-state index < -0.39 is 18.0 Å². The highest BCUT2D eigenvalue weighted by molar-refractivity contribution is 6.35. The number of rotatable bonds is 1. The van der Waals surface area contributed by atoms with E-state index in [0.29, 0.717) is 11.3 Å². The molecule has 1 unspecified atom stereocenters. The molecular formula is C17H12N2O4. The van der Waals surface area contributed by atoms with Crippen LogP contribution in [-0.4, -0.2) is 34.8 Å². The Morgan fingerprint density at radius 3 is 2.13 bits per heavy atom. The van der Waals surface area contributed by atoms with Crippen molar-refractivity contribution in [3.8, 4) is 0 Å². The second-order valence-electron chi connectivity index (χ2n) is 5.56. The van der Waals surface area contributed by atoms with Crippen LogP contribution in [-0.2, 0) is 0 Å². The topological polar surface area (TPSA) is 77.9 Å². The molecule has 1 atom stereocenters. The number of aliphatic hydroxyl groups is 1. The molecule has 0 saturated carbocycles. The molecule has 114 valence electrons. The maximum absolute atomic E-state index is 12.6. The van der Waals surface area contributed by atoms with Gasteiger partial charge in [0.15, 0.2) is 6.23 Å². The zero-order valence-corrected chi connectivity index (χ0v) is 12.2. The number of nitrogens with zero attached hydrogens (tertiary/aromatic N) is 2. The van der Waals surface area contributed by atoms with E-state index in [4.69, 9.17) is 0 Å². The Morgan fingerprint density at radius 2 is 1.48 bits per heavy atom. The lowest BCUT2D eigenvalue weighted by Gasteiger charge is -2.14. The van der Waals surface area contributed by atoms with Gasteiger partial charge < -0.3 is 10.0 Å². The molecule has 0 bridgehead atoms. The molecule has 2 aromatic carbocycles. The fourth-order valence-corrected chi connectivity index (χ4v) is 3.02. The fraction of sp³-hybridized carbons (Fsp3) is 0.118. The summed E-state index contributed by atoms with van der Waals surface area (Å²) in [6.07, 6.45) is -1.10. The van der Waals surface area contributed by atoms with Crippen molar-refractivity contribution in [1.29, 1.82) is 0 Å². The van der Waals surface area contributed by atoms with Gasteiger partial charge in [-0.25, -0.2) is 4.90 Å². The number of benzene rings is 2. The standard InChI is InChI=1S/C17H12N2O4/c1-18-14(20)10-7-12-13(8-11(10)15(18)21)17(23)19(16(12)22)9-5-3-2-4-6-9/h2-8,14,20H,1H3. The van der Waals surface area contributed by atoms with E-state index in [1.807, 2.05) is 0 Å². The van der Waals surface area contributed by atoms with Gasteiger partial charge in [-0.3, -0.25) is 14.4 Å². The van der Waals surface area contributed by atoms with Crippen molar-refractivity contribution in [2.45, 2.75) is 6.23 Å². The van der Waals surface area contributed by atoms with Gasteiger partial charge in [-0.15, -0.1) is 0 Å². The van der Waals surface area contributed by atoms with Crippen molar-refractivity contribution < 1.29 is 19.5 Å². The predicted octanol–water partition coefficient (Wildman–Crippen LogP) is 1.56. The average molecular weight is 308 g/mol.